The molecule has 0 saturated carbocycles. The first kappa shape index (κ1) is 20.5. The van der Waals surface area contributed by atoms with E-state index in [0.29, 0.717) is 29.3 Å². The lowest BCUT2D eigenvalue weighted by Gasteiger charge is -2.19. The molecule has 2 rings (SSSR count). The standard InChI is InChI=1S/C22H29N3O2/c1-6-16-7-9-17(10-8-16)21(26)24-18-11-12-20(25(4)5)19(13-18)22(27)23-14-15(2)3/h7-13,15H,6,14H2,1-5H3,(H,23,27)(H,24,26). The normalized spacial score (nSPS) is 10.6. The van der Waals surface area contributed by atoms with Crippen molar-refractivity contribution in [3.8, 4) is 0 Å². The van der Waals surface area contributed by atoms with E-state index in [0.717, 1.165) is 12.1 Å². The number of anilines is 2. The first-order chi connectivity index (χ1) is 12.8. The minimum atomic E-state index is -0.191. The fourth-order valence-corrected chi connectivity index (χ4v) is 2.67. The molecule has 0 heterocycles. The third kappa shape index (κ3) is 5.58. The molecule has 0 aliphatic carbocycles. The zero-order valence-corrected chi connectivity index (χ0v) is 16.8. The average molecular weight is 367 g/mol. The van der Waals surface area contributed by atoms with Crippen LogP contribution in [0.3, 0.4) is 0 Å². The molecule has 0 atom stereocenters. The van der Waals surface area contributed by atoms with Crippen molar-refractivity contribution in [1.82, 2.24) is 5.32 Å². The van der Waals surface area contributed by atoms with Crippen LogP contribution in [-0.4, -0.2) is 32.5 Å². The summed E-state index contributed by atoms with van der Waals surface area (Å²) in [5.74, 6) is 0.0327. The van der Waals surface area contributed by atoms with Crippen LogP contribution in [0, 0.1) is 5.92 Å². The topological polar surface area (TPSA) is 61.4 Å². The van der Waals surface area contributed by atoms with Crippen molar-refractivity contribution in [2.75, 3.05) is 30.9 Å². The van der Waals surface area contributed by atoms with Gasteiger partial charge in [-0.25, -0.2) is 0 Å². The van der Waals surface area contributed by atoms with E-state index in [1.165, 1.54) is 5.56 Å². The second kappa shape index (κ2) is 9.21. The van der Waals surface area contributed by atoms with Gasteiger partial charge in [-0.2, -0.15) is 0 Å². The number of hydrogen-bond donors (Lipinski definition) is 2. The maximum atomic E-state index is 12.6. The van der Waals surface area contributed by atoms with Gasteiger partial charge in [-0.1, -0.05) is 32.9 Å². The van der Waals surface area contributed by atoms with Crippen LogP contribution < -0.4 is 15.5 Å². The van der Waals surface area contributed by atoms with Crippen LogP contribution in [-0.2, 0) is 6.42 Å². The molecule has 2 aromatic rings. The van der Waals surface area contributed by atoms with Crippen LogP contribution in [0.4, 0.5) is 11.4 Å². The number of carbonyl (C=O) groups is 2. The molecule has 0 bridgehead atoms. The summed E-state index contributed by atoms with van der Waals surface area (Å²) in [6.07, 6.45) is 0.933. The highest BCUT2D eigenvalue weighted by Gasteiger charge is 2.15. The maximum Gasteiger partial charge on any atom is 0.255 e. The van der Waals surface area contributed by atoms with Gasteiger partial charge in [-0.05, 0) is 48.2 Å². The highest BCUT2D eigenvalue weighted by atomic mass is 16.2. The molecule has 2 amide bonds. The van der Waals surface area contributed by atoms with Crippen LogP contribution in [0.1, 0.15) is 47.1 Å². The molecule has 0 radical (unpaired) electrons. The van der Waals surface area contributed by atoms with Gasteiger partial charge in [-0.3, -0.25) is 9.59 Å². The van der Waals surface area contributed by atoms with E-state index in [-0.39, 0.29) is 11.8 Å². The molecule has 2 N–H and O–H groups in total. The summed E-state index contributed by atoms with van der Waals surface area (Å²) in [5.41, 5.74) is 3.72. The number of carbonyl (C=O) groups excluding carboxylic acids is 2. The van der Waals surface area contributed by atoms with Crippen LogP contribution in [0.5, 0.6) is 0 Å². The van der Waals surface area contributed by atoms with Gasteiger partial charge in [0.2, 0.25) is 0 Å². The molecule has 0 unspecified atom stereocenters. The minimum Gasteiger partial charge on any atom is -0.377 e. The molecular formula is C22H29N3O2. The predicted molar refractivity (Wildman–Crippen MR) is 112 cm³/mol. The van der Waals surface area contributed by atoms with Gasteiger partial charge in [0.05, 0.1) is 5.56 Å². The molecule has 0 saturated heterocycles. The van der Waals surface area contributed by atoms with E-state index in [4.69, 9.17) is 0 Å². The number of hydrogen-bond acceptors (Lipinski definition) is 3. The second-order valence-electron chi connectivity index (χ2n) is 7.23. The summed E-state index contributed by atoms with van der Waals surface area (Å²) in [6.45, 7) is 6.78. The molecule has 2 aromatic carbocycles. The summed E-state index contributed by atoms with van der Waals surface area (Å²) in [6, 6.07) is 12.9. The van der Waals surface area contributed by atoms with Crippen molar-refractivity contribution in [3.63, 3.8) is 0 Å². The SMILES string of the molecule is CCc1ccc(C(=O)Nc2ccc(N(C)C)c(C(=O)NCC(C)C)c2)cc1. The van der Waals surface area contributed by atoms with Gasteiger partial charge in [0, 0.05) is 37.6 Å². The van der Waals surface area contributed by atoms with Crippen LogP contribution in [0.25, 0.3) is 0 Å². The lowest BCUT2D eigenvalue weighted by molar-refractivity contribution is 0.0948. The second-order valence-corrected chi connectivity index (χ2v) is 7.23. The number of nitrogens with zero attached hydrogens (tertiary/aromatic N) is 1. The molecule has 0 aromatic heterocycles. The predicted octanol–water partition coefficient (Wildman–Crippen LogP) is 3.95. The number of rotatable bonds is 7. The fourth-order valence-electron chi connectivity index (χ4n) is 2.67. The fraction of sp³-hybridized carbons (Fsp3) is 0.364. The van der Waals surface area contributed by atoms with Crippen molar-refractivity contribution in [2.45, 2.75) is 27.2 Å². The van der Waals surface area contributed by atoms with E-state index in [1.54, 1.807) is 6.07 Å². The Hall–Kier alpha value is -2.82. The average Bonchev–Trinajstić information content (AvgIpc) is 2.65. The van der Waals surface area contributed by atoms with E-state index in [9.17, 15) is 9.59 Å². The number of amides is 2. The molecule has 144 valence electrons. The van der Waals surface area contributed by atoms with Crippen molar-refractivity contribution in [1.29, 1.82) is 0 Å². The third-order valence-corrected chi connectivity index (χ3v) is 4.28. The Balaban J connectivity index is 2.22. The first-order valence-electron chi connectivity index (χ1n) is 9.31. The molecule has 0 aliphatic heterocycles. The van der Waals surface area contributed by atoms with Crippen LogP contribution in [0.2, 0.25) is 0 Å². The maximum absolute atomic E-state index is 12.6. The van der Waals surface area contributed by atoms with Gasteiger partial charge in [0.1, 0.15) is 0 Å². The summed E-state index contributed by atoms with van der Waals surface area (Å²) in [4.78, 5) is 27.0. The van der Waals surface area contributed by atoms with Gasteiger partial charge >= 0.3 is 0 Å². The van der Waals surface area contributed by atoms with Gasteiger partial charge in [-0.15, -0.1) is 0 Å². The van der Waals surface area contributed by atoms with Crippen molar-refractivity contribution in [2.24, 2.45) is 5.92 Å². The Morgan fingerprint density at radius 3 is 2.22 bits per heavy atom. The molecule has 0 fully saturated rings. The van der Waals surface area contributed by atoms with Crippen LogP contribution in [0.15, 0.2) is 42.5 Å². The third-order valence-electron chi connectivity index (χ3n) is 4.28. The van der Waals surface area contributed by atoms with E-state index in [2.05, 4.69) is 17.6 Å². The van der Waals surface area contributed by atoms with Crippen molar-refractivity contribution >= 4 is 23.2 Å². The van der Waals surface area contributed by atoms with E-state index < -0.39 is 0 Å². The van der Waals surface area contributed by atoms with E-state index in [1.807, 2.05) is 69.2 Å². The van der Waals surface area contributed by atoms with Crippen molar-refractivity contribution < 1.29 is 9.59 Å². The molecular weight excluding hydrogens is 338 g/mol. The summed E-state index contributed by atoms with van der Waals surface area (Å²) in [7, 11) is 3.78. The highest BCUT2D eigenvalue weighted by molar-refractivity contribution is 6.06. The molecule has 27 heavy (non-hydrogen) atoms. The Morgan fingerprint density at radius 2 is 1.67 bits per heavy atom. The van der Waals surface area contributed by atoms with E-state index >= 15 is 0 Å². The highest BCUT2D eigenvalue weighted by Crippen LogP contribution is 2.23. The molecule has 5 heteroatoms. The Kier molecular flexibility index (Phi) is 6.99. The molecule has 0 spiro atoms. The smallest absolute Gasteiger partial charge is 0.255 e. The zero-order chi connectivity index (χ0) is 20.0. The largest absolute Gasteiger partial charge is 0.377 e. The van der Waals surface area contributed by atoms with Gasteiger partial charge < -0.3 is 15.5 Å². The lowest BCUT2D eigenvalue weighted by Crippen LogP contribution is -2.29. The van der Waals surface area contributed by atoms with Gasteiger partial charge in [0.25, 0.3) is 11.8 Å². The van der Waals surface area contributed by atoms with Crippen molar-refractivity contribution in [3.05, 3.63) is 59.2 Å². The molecule has 0 aliphatic rings. The zero-order valence-electron chi connectivity index (χ0n) is 16.8. The van der Waals surface area contributed by atoms with Crippen LogP contribution >= 0.6 is 0 Å². The monoisotopic (exact) mass is 367 g/mol. The number of nitrogens with one attached hydrogen (secondary N) is 2. The molecule has 5 nitrogen and oxygen atoms in total. The summed E-state index contributed by atoms with van der Waals surface area (Å²) < 4.78 is 0. The number of benzene rings is 2. The summed E-state index contributed by atoms with van der Waals surface area (Å²) >= 11 is 0. The lowest BCUT2D eigenvalue weighted by atomic mass is 10.1. The first-order valence-corrected chi connectivity index (χ1v) is 9.31. The van der Waals surface area contributed by atoms with Gasteiger partial charge in [0.15, 0.2) is 0 Å². The quantitative estimate of drug-likeness (QED) is 0.779. The Labute approximate surface area is 161 Å². The summed E-state index contributed by atoms with van der Waals surface area (Å²) in [5, 5.41) is 5.82. The Morgan fingerprint density at radius 1 is 1.00 bits per heavy atom. The Bertz CT molecular complexity index is 796. The number of aryl methyl sites for hydroxylation is 1. The minimum absolute atomic E-state index is 0.143.